The quantitative estimate of drug-likeness (QED) is 0.292. The Labute approximate surface area is 191 Å². The van der Waals surface area contributed by atoms with Crippen LogP contribution in [-0.4, -0.2) is 15.9 Å². The first-order valence-corrected chi connectivity index (χ1v) is 11.4. The number of para-hydroxylation sites is 2. The first kappa shape index (κ1) is 22.4. The van der Waals surface area contributed by atoms with Gasteiger partial charge in [0.05, 0.1) is 28.8 Å². The molecule has 32 heavy (non-hydrogen) atoms. The molecule has 1 aliphatic heterocycles. The summed E-state index contributed by atoms with van der Waals surface area (Å²) < 4.78 is 6.14. The largest absolute Gasteiger partial charge is 0.425 e. The van der Waals surface area contributed by atoms with Crippen LogP contribution >= 0.6 is 0 Å². The summed E-state index contributed by atoms with van der Waals surface area (Å²) in [5, 5.41) is 0. The van der Waals surface area contributed by atoms with Gasteiger partial charge < -0.3 is 4.74 Å². The summed E-state index contributed by atoms with van der Waals surface area (Å²) in [6.07, 6.45) is 0.976. The van der Waals surface area contributed by atoms with Crippen LogP contribution in [0.3, 0.4) is 0 Å². The SMILES string of the molecule is CC1(C)CC(=O)Oc2c(cc(C(C)(C)C)cc2C(C)(C)C)-c2nc3ccccc3nc2C1. The van der Waals surface area contributed by atoms with E-state index in [1.54, 1.807) is 0 Å². The van der Waals surface area contributed by atoms with E-state index in [2.05, 4.69) is 67.5 Å². The number of benzene rings is 2. The lowest BCUT2D eigenvalue weighted by molar-refractivity contribution is -0.136. The van der Waals surface area contributed by atoms with Crippen LogP contribution in [-0.2, 0) is 22.0 Å². The summed E-state index contributed by atoms with van der Waals surface area (Å²) in [5.74, 6) is 0.418. The number of carbonyl (C=O) groups is 1. The molecule has 4 nitrogen and oxygen atoms in total. The van der Waals surface area contributed by atoms with Crippen LogP contribution in [0.15, 0.2) is 36.4 Å². The fourth-order valence-corrected chi connectivity index (χ4v) is 4.34. The van der Waals surface area contributed by atoms with Gasteiger partial charge in [0, 0.05) is 11.1 Å². The molecule has 0 saturated heterocycles. The molecule has 0 atom stereocenters. The highest BCUT2D eigenvalue weighted by molar-refractivity contribution is 5.84. The molecule has 2 aromatic carbocycles. The van der Waals surface area contributed by atoms with E-state index in [4.69, 9.17) is 14.7 Å². The zero-order chi connectivity index (χ0) is 23.5. The van der Waals surface area contributed by atoms with Crippen molar-refractivity contribution in [2.75, 3.05) is 0 Å². The van der Waals surface area contributed by atoms with Crippen molar-refractivity contribution in [2.45, 2.75) is 79.1 Å². The number of carbonyl (C=O) groups excluding carboxylic acids is 1. The molecule has 0 spiro atoms. The molecule has 0 radical (unpaired) electrons. The molecule has 3 aromatic rings. The Kier molecular flexibility index (Phi) is 5.19. The second-order valence-electron chi connectivity index (χ2n) is 11.9. The number of ether oxygens (including phenoxy) is 1. The third-order valence-electron chi connectivity index (χ3n) is 6.15. The number of aromatic nitrogens is 2. The Balaban J connectivity index is 2.14. The average Bonchev–Trinajstić information content (AvgIpc) is 2.68. The predicted octanol–water partition coefficient (Wildman–Crippen LogP) is 6.77. The van der Waals surface area contributed by atoms with Crippen molar-refractivity contribution in [3.63, 3.8) is 0 Å². The van der Waals surface area contributed by atoms with Crippen LogP contribution in [0.5, 0.6) is 5.75 Å². The van der Waals surface area contributed by atoms with Gasteiger partial charge in [0.15, 0.2) is 0 Å². The summed E-state index contributed by atoms with van der Waals surface area (Å²) in [6.45, 7) is 17.3. The lowest BCUT2D eigenvalue weighted by Gasteiger charge is -2.29. The van der Waals surface area contributed by atoms with Crippen molar-refractivity contribution in [1.29, 1.82) is 0 Å². The first-order chi connectivity index (χ1) is 14.7. The van der Waals surface area contributed by atoms with Gasteiger partial charge in [-0.15, -0.1) is 0 Å². The Morgan fingerprint density at radius 3 is 2.09 bits per heavy atom. The fraction of sp³-hybridized carbons (Fsp3) is 0.464. The molecule has 168 valence electrons. The summed E-state index contributed by atoms with van der Waals surface area (Å²) in [4.78, 5) is 23.2. The topological polar surface area (TPSA) is 52.1 Å². The smallest absolute Gasteiger partial charge is 0.311 e. The fourth-order valence-electron chi connectivity index (χ4n) is 4.34. The van der Waals surface area contributed by atoms with E-state index >= 15 is 0 Å². The minimum absolute atomic E-state index is 0.0683. The van der Waals surface area contributed by atoms with Gasteiger partial charge in [-0.25, -0.2) is 9.97 Å². The second kappa shape index (κ2) is 7.40. The van der Waals surface area contributed by atoms with Crippen molar-refractivity contribution < 1.29 is 9.53 Å². The number of nitrogens with zero attached hydrogens (tertiary/aromatic N) is 2. The van der Waals surface area contributed by atoms with Crippen LogP contribution < -0.4 is 4.74 Å². The molecule has 0 unspecified atom stereocenters. The Bertz CT molecular complexity index is 1210. The zero-order valence-corrected chi connectivity index (χ0v) is 20.6. The molecular weight excluding hydrogens is 396 g/mol. The molecule has 2 heterocycles. The zero-order valence-electron chi connectivity index (χ0n) is 20.6. The molecule has 0 fully saturated rings. The average molecular weight is 431 g/mol. The van der Waals surface area contributed by atoms with Gasteiger partial charge in [-0.05, 0) is 46.4 Å². The standard InChI is InChI=1S/C28H34N2O2/c1-26(2,3)17-13-18-24-22(29-20-11-9-10-12-21(20)30-24)15-28(7,8)16-23(31)32-25(18)19(14-17)27(4,5)6/h9-14H,15-16H2,1-8H3. The van der Waals surface area contributed by atoms with Crippen molar-refractivity contribution in [2.24, 2.45) is 5.41 Å². The van der Waals surface area contributed by atoms with E-state index < -0.39 is 0 Å². The van der Waals surface area contributed by atoms with Gasteiger partial charge in [0.1, 0.15) is 5.75 Å². The number of esters is 1. The molecule has 1 aliphatic rings. The van der Waals surface area contributed by atoms with Crippen molar-refractivity contribution in [3.8, 4) is 17.0 Å². The van der Waals surface area contributed by atoms with Crippen molar-refractivity contribution in [3.05, 3.63) is 53.2 Å². The van der Waals surface area contributed by atoms with Crippen LogP contribution in [0.25, 0.3) is 22.3 Å². The number of fused-ring (bicyclic) bond motifs is 4. The molecular formula is C28H34N2O2. The van der Waals surface area contributed by atoms with Gasteiger partial charge in [-0.1, -0.05) is 73.6 Å². The summed E-state index contributed by atoms with van der Waals surface area (Å²) >= 11 is 0. The van der Waals surface area contributed by atoms with Gasteiger partial charge in [-0.2, -0.15) is 0 Å². The molecule has 0 saturated carbocycles. The number of hydrogen-bond donors (Lipinski definition) is 0. The highest BCUT2D eigenvalue weighted by Crippen LogP contribution is 2.45. The van der Waals surface area contributed by atoms with Crippen molar-refractivity contribution in [1.82, 2.24) is 9.97 Å². The van der Waals surface area contributed by atoms with Crippen LogP contribution in [0.1, 0.15) is 78.6 Å². The minimum atomic E-state index is -0.292. The van der Waals surface area contributed by atoms with E-state index in [1.807, 2.05) is 24.3 Å². The van der Waals surface area contributed by atoms with Gasteiger partial charge >= 0.3 is 5.97 Å². The Morgan fingerprint density at radius 1 is 0.875 bits per heavy atom. The number of rotatable bonds is 0. The molecule has 0 aliphatic carbocycles. The molecule has 0 N–H and O–H groups in total. The molecule has 4 heteroatoms. The van der Waals surface area contributed by atoms with E-state index in [9.17, 15) is 4.79 Å². The lowest BCUT2D eigenvalue weighted by Crippen LogP contribution is -2.24. The van der Waals surface area contributed by atoms with E-state index in [0.717, 1.165) is 33.5 Å². The monoisotopic (exact) mass is 430 g/mol. The van der Waals surface area contributed by atoms with Gasteiger partial charge in [-0.3, -0.25) is 4.79 Å². The Morgan fingerprint density at radius 2 is 1.50 bits per heavy atom. The van der Waals surface area contributed by atoms with E-state index in [-0.39, 0.29) is 22.2 Å². The summed E-state index contributed by atoms with van der Waals surface area (Å²) in [6, 6.07) is 12.3. The third-order valence-corrected chi connectivity index (χ3v) is 6.15. The lowest BCUT2D eigenvalue weighted by atomic mass is 9.78. The van der Waals surface area contributed by atoms with Crippen LogP contribution in [0.4, 0.5) is 0 Å². The minimum Gasteiger partial charge on any atom is -0.425 e. The molecule has 4 rings (SSSR count). The maximum absolute atomic E-state index is 13.0. The molecule has 0 bridgehead atoms. The second-order valence-corrected chi connectivity index (χ2v) is 11.9. The summed E-state index contributed by atoms with van der Waals surface area (Å²) in [5.41, 5.74) is 5.96. The first-order valence-electron chi connectivity index (χ1n) is 11.4. The predicted molar refractivity (Wildman–Crippen MR) is 130 cm³/mol. The maximum atomic E-state index is 13.0. The van der Waals surface area contributed by atoms with Crippen LogP contribution in [0.2, 0.25) is 0 Å². The number of hydrogen-bond acceptors (Lipinski definition) is 4. The van der Waals surface area contributed by atoms with E-state index in [0.29, 0.717) is 18.6 Å². The van der Waals surface area contributed by atoms with Gasteiger partial charge in [0.25, 0.3) is 0 Å². The molecule has 0 amide bonds. The van der Waals surface area contributed by atoms with E-state index in [1.165, 1.54) is 5.56 Å². The highest BCUT2D eigenvalue weighted by Gasteiger charge is 2.34. The van der Waals surface area contributed by atoms with Crippen molar-refractivity contribution >= 4 is 17.0 Å². The maximum Gasteiger partial charge on any atom is 0.311 e. The van der Waals surface area contributed by atoms with Crippen LogP contribution in [0, 0.1) is 5.41 Å². The Hall–Kier alpha value is -2.75. The van der Waals surface area contributed by atoms with Gasteiger partial charge in [0.2, 0.25) is 0 Å². The summed E-state index contributed by atoms with van der Waals surface area (Å²) in [7, 11) is 0. The molecule has 1 aromatic heterocycles. The third kappa shape index (κ3) is 4.28. The normalized spacial score (nSPS) is 16.4. The highest BCUT2D eigenvalue weighted by atomic mass is 16.5.